The number of sulfonamides is 1. The van der Waals surface area contributed by atoms with Crippen molar-refractivity contribution in [3.05, 3.63) is 24.0 Å². The van der Waals surface area contributed by atoms with Gasteiger partial charge in [-0.05, 0) is 24.6 Å². The third-order valence-electron chi connectivity index (χ3n) is 3.19. The van der Waals surface area contributed by atoms with Gasteiger partial charge in [0.25, 0.3) is 0 Å². The van der Waals surface area contributed by atoms with Crippen LogP contribution in [0.15, 0.2) is 23.1 Å². The van der Waals surface area contributed by atoms with Crippen LogP contribution < -0.4 is 11.1 Å². The fourth-order valence-corrected chi connectivity index (χ4v) is 3.74. The van der Waals surface area contributed by atoms with Gasteiger partial charge >= 0.3 is 6.09 Å². The summed E-state index contributed by atoms with van der Waals surface area (Å²) < 4.78 is 43.7. The third kappa shape index (κ3) is 3.42. The number of nitrogen functional groups attached to an aromatic ring is 1. The lowest BCUT2D eigenvalue weighted by Crippen LogP contribution is -2.38. The highest BCUT2D eigenvalue weighted by Crippen LogP contribution is 2.23. The van der Waals surface area contributed by atoms with E-state index in [0.717, 1.165) is 12.1 Å². The normalized spacial score (nSPS) is 19.4. The number of anilines is 1. The van der Waals surface area contributed by atoms with Crippen LogP contribution in [0, 0.1) is 5.82 Å². The van der Waals surface area contributed by atoms with Crippen LogP contribution in [-0.2, 0) is 14.8 Å². The number of amides is 1. The van der Waals surface area contributed by atoms with E-state index in [4.69, 9.17) is 5.73 Å². The van der Waals surface area contributed by atoms with Crippen LogP contribution in [-0.4, -0.2) is 45.1 Å². The van der Waals surface area contributed by atoms with Gasteiger partial charge in [-0.15, -0.1) is 0 Å². The fraction of sp³-hybridized carbons (Fsp3) is 0.417. The summed E-state index contributed by atoms with van der Waals surface area (Å²) in [6.45, 7) is 0.335. The van der Waals surface area contributed by atoms with Gasteiger partial charge in [-0.1, -0.05) is 0 Å². The zero-order chi connectivity index (χ0) is 15.6. The van der Waals surface area contributed by atoms with Crippen molar-refractivity contribution in [2.75, 3.05) is 25.9 Å². The Morgan fingerprint density at radius 1 is 1.48 bits per heavy atom. The largest absolute Gasteiger partial charge is 0.453 e. The van der Waals surface area contributed by atoms with Gasteiger partial charge in [-0.3, -0.25) is 0 Å². The molecule has 1 unspecified atom stereocenters. The van der Waals surface area contributed by atoms with E-state index in [2.05, 4.69) is 10.1 Å². The lowest BCUT2D eigenvalue weighted by Gasteiger charge is -2.17. The Hall–Kier alpha value is -1.87. The number of nitrogens with two attached hydrogens (primary N) is 1. The maximum Gasteiger partial charge on any atom is 0.407 e. The van der Waals surface area contributed by atoms with Gasteiger partial charge in [-0.2, -0.15) is 4.31 Å². The Balaban J connectivity index is 2.16. The van der Waals surface area contributed by atoms with Crippen molar-refractivity contribution in [1.29, 1.82) is 0 Å². The van der Waals surface area contributed by atoms with Crippen LogP contribution in [0.25, 0.3) is 0 Å². The Morgan fingerprint density at radius 3 is 2.81 bits per heavy atom. The molecular formula is C12H16FN3O4S. The number of nitrogens with zero attached hydrogens (tertiary/aromatic N) is 1. The molecule has 1 atom stereocenters. The second kappa shape index (κ2) is 5.86. The topological polar surface area (TPSA) is 102 Å². The molecule has 1 aromatic rings. The number of halogens is 1. The van der Waals surface area contributed by atoms with Crippen molar-refractivity contribution in [2.24, 2.45) is 0 Å². The van der Waals surface area contributed by atoms with E-state index in [1.165, 1.54) is 17.5 Å². The molecule has 21 heavy (non-hydrogen) atoms. The van der Waals surface area contributed by atoms with Crippen LogP contribution in [0.5, 0.6) is 0 Å². The molecular weight excluding hydrogens is 301 g/mol. The summed E-state index contributed by atoms with van der Waals surface area (Å²) in [5.41, 5.74) is 5.51. The van der Waals surface area contributed by atoms with Crippen LogP contribution in [0.3, 0.4) is 0 Å². The van der Waals surface area contributed by atoms with Crippen LogP contribution >= 0.6 is 0 Å². The lowest BCUT2D eigenvalue weighted by atomic mass is 10.3. The molecule has 2 rings (SSSR count). The predicted molar refractivity (Wildman–Crippen MR) is 73.5 cm³/mol. The van der Waals surface area contributed by atoms with Crippen molar-refractivity contribution in [2.45, 2.75) is 17.4 Å². The first-order valence-electron chi connectivity index (χ1n) is 6.23. The SMILES string of the molecule is COC(=O)NC1CCN(S(=O)(=O)c2cc(N)cc(F)c2)C1. The maximum atomic E-state index is 13.3. The molecule has 0 bridgehead atoms. The van der Waals surface area contributed by atoms with Crippen LogP contribution in [0.2, 0.25) is 0 Å². The molecule has 3 N–H and O–H groups in total. The number of ether oxygens (including phenoxy) is 1. The summed E-state index contributed by atoms with van der Waals surface area (Å²) in [6.07, 6.45) is -0.159. The molecule has 7 nitrogen and oxygen atoms in total. The number of carbonyl (C=O) groups excluding carboxylic acids is 1. The number of methoxy groups -OCH3 is 1. The molecule has 1 amide bonds. The first-order chi connectivity index (χ1) is 9.82. The highest BCUT2D eigenvalue weighted by Gasteiger charge is 2.33. The molecule has 1 heterocycles. The molecule has 9 heteroatoms. The van der Waals surface area contributed by atoms with E-state index >= 15 is 0 Å². The van der Waals surface area contributed by atoms with Gasteiger partial charge in [0, 0.05) is 24.8 Å². The minimum atomic E-state index is -3.84. The lowest BCUT2D eigenvalue weighted by molar-refractivity contribution is 0.167. The molecule has 0 saturated carbocycles. The molecule has 1 fully saturated rings. The maximum absolute atomic E-state index is 13.3. The number of alkyl carbamates (subject to hydrolysis) is 1. The van der Waals surface area contributed by atoms with E-state index in [-0.39, 0.29) is 29.7 Å². The summed E-state index contributed by atoms with van der Waals surface area (Å²) >= 11 is 0. The standard InChI is InChI=1S/C12H16FN3O4S/c1-20-12(17)15-10-2-3-16(7-10)21(18,19)11-5-8(13)4-9(14)6-11/h4-6,10H,2-3,7,14H2,1H3,(H,15,17). The number of carbonyl (C=O) groups is 1. The summed E-state index contributed by atoms with van der Waals surface area (Å²) in [6, 6.07) is 2.84. The molecule has 0 aromatic heterocycles. The average molecular weight is 317 g/mol. The molecule has 1 aromatic carbocycles. The second-order valence-corrected chi connectivity index (χ2v) is 6.64. The van der Waals surface area contributed by atoms with Gasteiger partial charge in [0.05, 0.1) is 12.0 Å². The van der Waals surface area contributed by atoms with Gasteiger partial charge in [-0.25, -0.2) is 17.6 Å². The van der Waals surface area contributed by atoms with E-state index in [0.29, 0.717) is 6.42 Å². The minimum absolute atomic E-state index is 0.0389. The Kier molecular flexibility index (Phi) is 4.33. The van der Waals surface area contributed by atoms with Gasteiger partial charge in [0.2, 0.25) is 10.0 Å². The molecule has 1 aliphatic rings. The number of rotatable bonds is 3. The summed E-state index contributed by atoms with van der Waals surface area (Å²) in [4.78, 5) is 10.9. The smallest absolute Gasteiger partial charge is 0.407 e. The van der Waals surface area contributed by atoms with E-state index in [1.54, 1.807) is 0 Å². The monoisotopic (exact) mass is 317 g/mol. The van der Waals surface area contributed by atoms with Crippen molar-refractivity contribution in [3.63, 3.8) is 0 Å². The van der Waals surface area contributed by atoms with Crippen molar-refractivity contribution >= 4 is 21.8 Å². The van der Waals surface area contributed by atoms with Crippen molar-refractivity contribution in [1.82, 2.24) is 9.62 Å². The Bertz CT molecular complexity index is 630. The van der Waals surface area contributed by atoms with E-state index in [9.17, 15) is 17.6 Å². The van der Waals surface area contributed by atoms with Gasteiger partial charge in [0.1, 0.15) is 5.82 Å². The summed E-state index contributed by atoms with van der Waals surface area (Å²) in [5.74, 6) is -0.711. The van der Waals surface area contributed by atoms with Crippen LogP contribution in [0.4, 0.5) is 14.9 Å². The van der Waals surface area contributed by atoms with Gasteiger partial charge < -0.3 is 15.8 Å². The molecule has 116 valence electrons. The first kappa shape index (κ1) is 15.5. The minimum Gasteiger partial charge on any atom is -0.453 e. The van der Waals surface area contributed by atoms with Crippen molar-refractivity contribution < 1.29 is 22.3 Å². The molecule has 0 spiro atoms. The quantitative estimate of drug-likeness (QED) is 0.792. The number of benzene rings is 1. The van der Waals surface area contributed by atoms with Crippen molar-refractivity contribution in [3.8, 4) is 0 Å². The number of nitrogens with one attached hydrogen (secondary N) is 1. The first-order valence-corrected chi connectivity index (χ1v) is 7.67. The van der Waals surface area contributed by atoms with E-state index < -0.39 is 21.9 Å². The average Bonchev–Trinajstić information content (AvgIpc) is 2.86. The Morgan fingerprint density at radius 2 is 2.19 bits per heavy atom. The highest BCUT2D eigenvalue weighted by molar-refractivity contribution is 7.89. The molecule has 0 aliphatic carbocycles. The Labute approximate surface area is 121 Å². The van der Waals surface area contributed by atoms with E-state index in [1.807, 2.05) is 0 Å². The third-order valence-corrected chi connectivity index (χ3v) is 5.03. The summed E-state index contributed by atoms with van der Waals surface area (Å²) in [7, 11) is -2.61. The van der Waals surface area contributed by atoms with Gasteiger partial charge in [0.15, 0.2) is 0 Å². The zero-order valence-corrected chi connectivity index (χ0v) is 12.2. The molecule has 1 aliphatic heterocycles. The fourth-order valence-electron chi connectivity index (χ4n) is 2.17. The number of hydrogen-bond donors (Lipinski definition) is 2. The second-order valence-electron chi connectivity index (χ2n) is 4.70. The van der Waals surface area contributed by atoms with Crippen LogP contribution in [0.1, 0.15) is 6.42 Å². The highest BCUT2D eigenvalue weighted by atomic mass is 32.2. The predicted octanol–water partition coefficient (Wildman–Crippen LogP) is 0.527. The summed E-state index contributed by atoms with van der Waals surface area (Å²) in [5, 5.41) is 2.54. The molecule has 0 radical (unpaired) electrons. The zero-order valence-electron chi connectivity index (χ0n) is 11.4. The molecule has 1 saturated heterocycles. The number of hydrogen-bond acceptors (Lipinski definition) is 5.